The summed E-state index contributed by atoms with van der Waals surface area (Å²) in [6.45, 7) is 0. The maximum Gasteiger partial charge on any atom is 0.243 e. The number of fused-ring (bicyclic) bond motifs is 1. The molecule has 3 nitrogen and oxygen atoms in total. The van der Waals surface area contributed by atoms with Crippen LogP contribution in [0.15, 0.2) is 24.3 Å². The second kappa shape index (κ2) is 5.52. The zero-order valence-electron chi connectivity index (χ0n) is 11.8. The van der Waals surface area contributed by atoms with Crippen molar-refractivity contribution in [3.05, 3.63) is 30.1 Å². The second-order valence-electron chi connectivity index (χ2n) is 5.98. The van der Waals surface area contributed by atoms with Gasteiger partial charge in [0.15, 0.2) is 0 Å². The Morgan fingerprint density at radius 2 is 1.95 bits per heavy atom. The van der Waals surface area contributed by atoms with Gasteiger partial charge in [-0.25, -0.2) is 4.39 Å². The quantitative estimate of drug-likeness (QED) is 0.900. The van der Waals surface area contributed by atoms with Gasteiger partial charge in [-0.3, -0.25) is 4.79 Å². The molecule has 1 heterocycles. The Bertz CT molecular complexity index is 474. The Balaban J connectivity index is 1.68. The molecular weight excluding hydrogens is 255 g/mol. The first-order valence-electron chi connectivity index (χ1n) is 7.44. The molecule has 2 fully saturated rings. The van der Waals surface area contributed by atoms with Crippen molar-refractivity contribution in [2.45, 2.75) is 44.2 Å². The van der Waals surface area contributed by atoms with Crippen LogP contribution in [0, 0.1) is 11.7 Å². The van der Waals surface area contributed by atoms with Crippen molar-refractivity contribution in [1.82, 2.24) is 5.32 Å². The molecular formula is C16H21FN2O. The zero-order chi connectivity index (χ0) is 14.1. The summed E-state index contributed by atoms with van der Waals surface area (Å²) in [5.41, 5.74) is 0.744. The number of hydrogen-bond donors (Lipinski definition) is 1. The fourth-order valence-corrected chi connectivity index (χ4v) is 3.54. The van der Waals surface area contributed by atoms with Crippen LogP contribution in [0.3, 0.4) is 0 Å². The molecule has 1 aromatic carbocycles. The van der Waals surface area contributed by atoms with E-state index in [0.717, 1.165) is 12.1 Å². The van der Waals surface area contributed by atoms with Crippen LogP contribution in [-0.2, 0) is 4.79 Å². The maximum atomic E-state index is 12.9. The lowest BCUT2D eigenvalue weighted by atomic mass is 9.85. The molecule has 0 bridgehead atoms. The highest BCUT2D eigenvalue weighted by atomic mass is 19.1. The minimum absolute atomic E-state index is 0.0850. The maximum absolute atomic E-state index is 12.9. The second-order valence-corrected chi connectivity index (χ2v) is 5.98. The lowest BCUT2D eigenvalue weighted by molar-refractivity contribution is -0.120. The van der Waals surface area contributed by atoms with Crippen LogP contribution < -0.4 is 10.2 Å². The first-order chi connectivity index (χ1) is 9.65. The smallest absolute Gasteiger partial charge is 0.243 e. The summed E-state index contributed by atoms with van der Waals surface area (Å²) in [6, 6.07) is 6.50. The van der Waals surface area contributed by atoms with Crippen LogP contribution in [0.25, 0.3) is 0 Å². The summed E-state index contributed by atoms with van der Waals surface area (Å²) in [7, 11) is 1.76. The molecule has 3 atom stereocenters. The Morgan fingerprint density at radius 3 is 2.65 bits per heavy atom. The van der Waals surface area contributed by atoms with Gasteiger partial charge in [0.05, 0.1) is 6.04 Å². The summed E-state index contributed by atoms with van der Waals surface area (Å²) in [4.78, 5) is 14.2. The number of hydrogen-bond acceptors (Lipinski definition) is 2. The molecule has 1 amide bonds. The highest BCUT2D eigenvalue weighted by Gasteiger charge is 2.39. The molecule has 1 saturated heterocycles. The van der Waals surface area contributed by atoms with E-state index < -0.39 is 0 Å². The molecule has 1 aliphatic heterocycles. The molecule has 4 heteroatoms. The average Bonchev–Trinajstić information content (AvgIpc) is 2.90. The average molecular weight is 276 g/mol. The number of nitrogens with one attached hydrogen (secondary N) is 1. The number of amides is 1. The molecule has 0 aromatic heterocycles. The standard InChI is InChI=1S/C16H21FN2O/c1-19(13-8-6-12(17)7-9-13)16(20)15-10-11-4-2-3-5-14(11)18-15/h6-9,11,14-15,18H,2-5,10H2,1H3. The Labute approximate surface area is 119 Å². The number of benzene rings is 1. The predicted molar refractivity (Wildman–Crippen MR) is 77.1 cm³/mol. The minimum atomic E-state index is -0.278. The van der Waals surface area contributed by atoms with Crippen LogP contribution in [0.5, 0.6) is 0 Å². The van der Waals surface area contributed by atoms with Gasteiger partial charge in [0, 0.05) is 18.8 Å². The van der Waals surface area contributed by atoms with E-state index in [4.69, 9.17) is 0 Å². The number of likely N-dealkylation sites (N-methyl/N-ethyl adjacent to an activating group) is 1. The van der Waals surface area contributed by atoms with Gasteiger partial charge in [-0.2, -0.15) is 0 Å². The van der Waals surface area contributed by atoms with Crippen molar-refractivity contribution >= 4 is 11.6 Å². The molecule has 3 rings (SSSR count). The summed E-state index contributed by atoms with van der Waals surface area (Å²) in [6.07, 6.45) is 5.92. The molecule has 1 N–H and O–H groups in total. The number of carbonyl (C=O) groups excluding carboxylic acids is 1. The van der Waals surface area contributed by atoms with Crippen molar-refractivity contribution in [1.29, 1.82) is 0 Å². The summed E-state index contributed by atoms with van der Waals surface area (Å²) in [5.74, 6) is 0.463. The van der Waals surface area contributed by atoms with E-state index in [9.17, 15) is 9.18 Å². The molecule has 0 radical (unpaired) electrons. The topological polar surface area (TPSA) is 32.3 Å². The summed E-state index contributed by atoms with van der Waals surface area (Å²) in [5, 5.41) is 3.49. The van der Waals surface area contributed by atoms with Gasteiger partial charge in [0.25, 0.3) is 0 Å². The van der Waals surface area contributed by atoms with Gasteiger partial charge in [-0.15, -0.1) is 0 Å². The van der Waals surface area contributed by atoms with E-state index in [-0.39, 0.29) is 17.8 Å². The van der Waals surface area contributed by atoms with Gasteiger partial charge in [-0.05, 0) is 49.4 Å². The van der Waals surface area contributed by atoms with E-state index in [1.54, 1.807) is 24.1 Å². The van der Waals surface area contributed by atoms with Gasteiger partial charge >= 0.3 is 0 Å². The van der Waals surface area contributed by atoms with Crippen LogP contribution in [0.1, 0.15) is 32.1 Å². The van der Waals surface area contributed by atoms with E-state index >= 15 is 0 Å². The van der Waals surface area contributed by atoms with Gasteiger partial charge in [0.1, 0.15) is 5.82 Å². The van der Waals surface area contributed by atoms with Crippen LogP contribution in [0.2, 0.25) is 0 Å². The molecule has 0 spiro atoms. The largest absolute Gasteiger partial charge is 0.314 e. The Hall–Kier alpha value is -1.42. The minimum Gasteiger partial charge on any atom is -0.314 e. The molecule has 1 aromatic rings. The third-order valence-corrected chi connectivity index (χ3v) is 4.71. The van der Waals surface area contributed by atoms with E-state index in [2.05, 4.69) is 5.32 Å². The Morgan fingerprint density at radius 1 is 1.25 bits per heavy atom. The SMILES string of the molecule is CN(C(=O)C1CC2CCCCC2N1)c1ccc(F)cc1. The normalized spacial score (nSPS) is 29.0. The summed E-state index contributed by atoms with van der Waals surface area (Å²) < 4.78 is 12.9. The van der Waals surface area contributed by atoms with Crippen LogP contribution >= 0.6 is 0 Å². The van der Waals surface area contributed by atoms with Crippen molar-refractivity contribution in [3.8, 4) is 0 Å². The highest BCUT2D eigenvalue weighted by molar-refractivity contribution is 5.96. The number of carbonyl (C=O) groups is 1. The van der Waals surface area contributed by atoms with E-state index in [0.29, 0.717) is 12.0 Å². The highest BCUT2D eigenvalue weighted by Crippen LogP contribution is 2.34. The fraction of sp³-hybridized carbons (Fsp3) is 0.562. The predicted octanol–water partition coefficient (Wildman–Crippen LogP) is 2.71. The molecule has 1 saturated carbocycles. The number of rotatable bonds is 2. The van der Waals surface area contributed by atoms with Crippen molar-refractivity contribution < 1.29 is 9.18 Å². The first kappa shape index (κ1) is 13.6. The number of anilines is 1. The molecule has 1 aliphatic carbocycles. The van der Waals surface area contributed by atoms with E-state index in [1.165, 1.54) is 37.8 Å². The van der Waals surface area contributed by atoms with Gasteiger partial charge < -0.3 is 10.2 Å². The van der Waals surface area contributed by atoms with Gasteiger partial charge in [0.2, 0.25) is 5.91 Å². The molecule has 20 heavy (non-hydrogen) atoms. The fourth-order valence-electron chi connectivity index (χ4n) is 3.54. The molecule has 2 aliphatic rings. The third kappa shape index (κ3) is 2.57. The summed E-state index contributed by atoms with van der Waals surface area (Å²) >= 11 is 0. The van der Waals surface area contributed by atoms with Crippen molar-refractivity contribution in [2.24, 2.45) is 5.92 Å². The van der Waals surface area contributed by atoms with Gasteiger partial charge in [-0.1, -0.05) is 12.8 Å². The zero-order valence-corrected chi connectivity index (χ0v) is 11.8. The van der Waals surface area contributed by atoms with E-state index in [1.807, 2.05) is 0 Å². The van der Waals surface area contributed by atoms with Crippen molar-refractivity contribution in [3.63, 3.8) is 0 Å². The Kier molecular flexibility index (Phi) is 3.74. The number of nitrogens with zero attached hydrogens (tertiary/aromatic N) is 1. The van der Waals surface area contributed by atoms with Crippen LogP contribution in [0.4, 0.5) is 10.1 Å². The monoisotopic (exact) mass is 276 g/mol. The molecule has 3 unspecified atom stereocenters. The lowest BCUT2D eigenvalue weighted by Gasteiger charge is -2.24. The lowest BCUT2D eigenvalue weighted by Crippen LogP contribution is -2.44. The number of halogens is 1. The molecule has 108 valence electrons. The first-order valence-corrected chi connectivity index (χ1v) is 7.44. The third-order valence-electron chi connectivity index (χ3n) is 4.71. The van der Waals surface area contributed by atoms with Crippen LogP contribution in [-0.4, -0.2) is 25.0 Å². The van der Waals surface area contributed by atoms with Crippen molar-refractivity contribution in [2.75, 3.05) is 11.9 Å².